The first-order chi connectivity index (χ1) is 8.24. The molecule has 2 aromatic carbocycles. The quantitative estimate of drug-likeness (QED) is 0.778. The third-order valence-corrected chi connectivity index (χ3v) is 4.65. The van der Waals surface area contributed by atoms with Crippen LogP contribution in [0.5, 0.6) is 5.75 Å². The van der Waals surface area contributed by atoms with Crippen molar-refractivity contribution in [1.29, 1.82) is 0 Å². The van der Waals surface area contributed by atoms with E-state index in [1.54, 1.807) is 17.8 Å². The van der Waals surface area contributed by atoms with Crippen LogP contribution in [-0.2, 0) is 12.8 Å². The Balaban J connectivity index is 2.14. The van der Waals surface area contributed by atoms with Gasteiger partial charge in [0, 0.05) is 19.8 Å². The molecule has 0 atom stereocenters. The highest BCUT2D eigenvalue weighted by molar-refractivity contribution is 9.10. The van der Waals surface area contributed by atoms with Gasteiger partial charge in [-0.15, -0.1) is 0 Å². The summed E-state index contributed by atoms with van der Waals surface area (Å²) < 4.78 is 0.931. The number of fused-ring (bicyclic) bond motifs is 2. The number of rotatable bonds is 0. The first-order valence-corrected chi connectivity index (χ1v) is 7.12. The minimum atomic E-state index is 0.398. The molecule has 1 N–H and O–H groups in total. The van der Waals surface area contributed by atoms with Gasteiger partial charge >= 0.3 is 0 Å². The van der Waals surface area contributed by atoms with Gasteiger partial charge in [-0.3, -0.25) is 0 Å². The number of aryl methyl sites for hydroxylation is 1. The van der Waals surface area contributed by atoms with Crippen molar-refractivity contribution >= 4 is 27.7 Å². The zero-order valence-corrected chi connectivity index (χ0v) is 11.5. The molecule has 0 aromatic heterocycles. The fraction of sp³-hybridized carbons (Fsp3) is 0.143. The normalized spacial score (nSPS) is 13.7. The summed E-state index contributed by atoms with van der Waals surface area (Å²) in [5, 5.41) is 10.00. The molecule has 17 heavy (non-hydrogen) atoms. The molecule has 1 heterocycles. The van der Waals surface area contributed by atoms with E-state index in [1.165, 1.54) is 10.5 Å². The number of hydrogen-bond donors (Lipinski definition) is 1. The van der Waals surface area contributed by atoms with Crippen molar-refractivity contribution < 1.29 is 5.11 Å². The first kappa shape index (κ1) is 11.2. The molecule has 1 aliphatic rings. The molecule has 2 aromatic rings. The molecule has 3 heteroatoms. The largest absolute Gasteiger partial charge is 0.508 e. The summed E-state index contributed by atoms with van der Waals surface area (Å²) in [6.07, 6.45) is 1.89. The van der Waals surface area contributed by atoms with E-state index in [2.05, 4.69) is 46.3 Å². The van der Waals surface area contributed by atoms with Crippen molar-refractivity contribution in [3.8, 4) is 5.75 Å². The summed E-state index contributed by atoms with van der Waals surface area (Å²) in [4.78, 5) is 2.45. The Hall–Kier alpha value is -0.930. The average molecular weight is 307 g/mol. The lowest BCUT2D eigenvalue weighted by atomic mass is 10.0. The van der Waals surface area contributed by atoms with Crippen molar-refractivity contribution in [1.82, 2.24) is 0 Å². The molecule has 0 amide bonds. The van der Waals surface area contributed by atoms with Crippen molar-refractivity contribution in [2.45, 2.75) is 22.6 Å². The highest BCUT2D eigenvalue weighted by Crippen LogP contribution is 2.41. The van der Waals surface area contributed by atoms with E-state index < -0.39 is 0 Å². The smallest absolute Gasteiger partial charge is 0.121 e. The summed E-state index contributed by atoms with van der Waals surface area (Å²) in [6, 6.07) is 12.3. The maximum absolute atomic E-state index is 10.00. The molecule has 3 rings (SSSR count). The fourth-order valence-electron chi connectivity index (χ4n) is 2.13. The Kier molecular flexibility index (Phi) is 2.89. The summed E-state index contributed by atoms with van der Waals surface area (Å²) in [7, 11) is 0. The maximum atomic E-state index is 10.00. The van der Waals surface area contributed by atoms with Gasteiger partial charge < -0.3 is 5.11 Å². The van der Waals surface area contributed by atoms with Gasteiger partial charge in [0.25, 0.3) is 0 Å². The zero-order chi connectivity index (χ0) is 11.8. The number of halogens is 1. The molecule has 0 bridgehead atoms. The van der Waals surface area contributed by atoms with Gasteiger partial charge in [-0.2, -0.15) is 0 Å². The third-order valence-electron chi connectivity index (χ3n) is 2.99. The molecule has 86 valence electrons. The lowest BCUT2D eigenvalue weighted by Gasteiger charge is -2.08. The van der Waals surface area contributed by atoms with Gasteiger partial charge in [0.15, 0.2) is 0 Å². The predicted octanol–water partition coefficient (Wildman–Crippen LogP) is 4.40. The van der Waals surface area contributed by atoms with Crippen LogP contribution in [0.25, 0.3) is 0 Å². The van der Waals surface area contributed by atoms with Gasteiger partial charge in [-0.1, -0.05) is 45.9 Å². The molecule has 1 nitrogen and oxygen atoms in total. The molecule has 0 saturated carbocycles. The van der Waals surface area contributed by atoms with Crippen LogP contribution in [0, 0.1) is 0 Å². The lowest BCUT2D eigenvalue weighted by molar-refractivity contribution is 0.465. The lowest BCUT2D eigenvalue weighted by Crippen LogP contribution is -1.91. The van der Waals surface area contributed by atoms with Crippen molar-refractivity contribution in [3.63, 3.8) is 0 Å². The number of phenolic OH excluding ortho intramolecular Hbond substituents is 1. The van der Waals surface area contributed by atoms with E-state index in [4.69, 9.17) is 0 Å². The van der Waals surface area contributed by atoms with Gasteiger partial charge in [0.05, 0.1) is 0 Å². The highest BCUT2D eigenvalue weighted by atomic mass is 79.9. The molecule has 0 radical (unpaired) electrons. The van der Waals surface area contributed by atoms with Crippen LogP contribution < -0.4 is 0 Å². The Morgan fingerprint density at radius 1 is 1.06 bits per heavy atom. The van der Waals surface area contributed by atoms with Crippen LogP contribution in [0.3, 0.4) is 0 Å². The topological polar surface area (TPSA) is 20.2 Å². The number of benzene rings is 2. The van der Waals surface area contributed by atoms with Crippen LogP contribution in [0.2, 0.25) is 0 Å². The molecule has 0 unspecified atom stereocenters. The van der Waals surface area contributed by atoms with Crippen LogP contribution in [0.1, 0.15) is 11.1 Å². The first-order valence-electron chi connectivity index (χ1n) is 5.51. The van der Waals surface area contributed by atoms with Crippen LogP contribution in [0.4, 0.5) is 0 Å². The van der Waals surface area contributed by atoms with Crippen LogP contribution >= 0.6 is 27.7 Å². The Bertz CT molecular complexity index is 580. The second kappa shape index (κ2) is 4.39. The molecule has 0 spiro atoms. The van der Waals surface area contributed by atoms with Crippen LogP contribution in [-0.4, -0.2) is 5.11 Å². The molecule has 0 aliphatic carbocycles. The van der Waals surface area contributed by atoms with Gasteiger partial charge in [0.2, 0.25) is 0 Å². The summed E-state index contributed by atoms with van der Waals surface area (Å²) in [6.45, 7) is 0. The average Bonchev–Trinajstić information content (AvgIpc) is 2.47. The van der Waals surface area contributed by atoms with Crippen LogP contribution in [0.15, 0.2) is 50.7 Å². The van der Waals surface area contributed by atoms with E-state index in [-0.39, 0.29) is 0 Å². The monoisotopic (exact) mass is 306 g/mol. The van der Waals surface area contributed by atoms with Crippen molar-refractivity contribution in [3.05, 3.63) is 52.0 Å². The maximum Gasteiger partial charge on any atom is 0.121 e. The Morgan fingerprint density at radius 3 is 2.76 bits per heavy atom. The van der Waals surface area contributed by atoms with Gasteiger partial charge in [0.1, 0.15) is 5.75 Å². The van der Waals surface area contributed by atoms with Crippen molar-refractivity contribution in [2.75, 3.05) is 0 Å². The van der Waals surface area contributed by atoms with E-state index >= 15 is 0 Å². The molecule has 0 saturated heterocycles. The van der Waals surface area contributed by atoms with Gasteiger partial charge in [-0.05, 0) is 36.6 Å². The second-order valence-corrected chi connectivity index (χ2v) is 6.11. The zero-order valence-electron chi connectivity index (χ0n) is 9.11. The third kappa shape index (κ3) is 2.09. The van der Waals surface area contributed by atoms with Crippen molar-refractivity contribution in [2.24, 2.45) is 0 Å². The minimum absolute atomic E-state index is 0.398. The SMILES string of the molecule is Oc1cc(Br)cc2c1CCc1ccccc1S2. The number of aromatic hydroxyl groups is 1. The van der Waals surface area contributed by atoms with E-state index in [9.17, 15) is 5.11 Å². The second-order valence-electron chi connectivity index (χ2n) is 4.11. The standard InChI is InChI=1S/C14H11BrOS/c15-10-7-12(16)11-6-5-9-3-1-2-4-13(9)17-14(11)8-10/h1-4,7-8,16H,5-6H2. The number of hydrogen-bond acceptors (Lipinski definition) is 2. The Morgan fingerprint density at radius 2 is 1.88 bits per heavy atom. The van der Waals surface area contributed by atoms with Gasteiger partial charge in [-0.25, -0.2) is 0 Å². The molecule has 1 aliphatic heterocycles. The molecular weight excluding hydrogens is 296 g/mol. The number of phenols is 1. The van der Waals surface area contributed by atoms with E-state index in [0.29, 0.717) is 5.75 Å². The van der Waals surface area contributed by atoms with E-state index in [0.717, 1.165) is 27.8 Å². The molecule has 0 fully saturated rings. The molecular formula is C14H11BrOS. The summed E-state index contributed by atoms with van der Waals surface area (Å²) >= 11 is 5.18. The Labute approximate surface area is 113 Å². The van der Waals surface area contributed by atoms with E-state index in [1.807, 2.05) is 0 Å². The minimum Gasteiger partial charge on any atom is -0.508 e. The summed E-state index contributed by atoms with van der Waals surface area (Å²) in [5.41, 5.74) is 2.43. The predicted molar refractivity (Wildman–Crippen MR) is 73.8 cm³/mol. The fourth-order valence-corrected chi connectivity index (χ4v) is 3.93. The highest BCUT2D eigenvalue weighted by Gasteiger charge is 2.16. The summed E-state index contributed by atoms with van der Waals surface area (Å²) in [5.74, 6) is 0.398.